The summed E-state index contributed by atoms with van der Waals surface area (Å²) in [4.78, 5) is 19.8. The predicted molar refractivity (Wildman–Crippen MR) is 75.3 cm³/mol. The van der Waals surface area contributed by atoms with Crippen molar-refractivity contribution in [2.75, 3.05) is 13.1 Å². The van der Waals surface area contributed by atoms with Crippen LogP contribution < -0.4 is 17.6 Å². The van der Waals surface area contributed by atoms with E-state index in [2.05, 4.69) is 0 Å². The number of unbranched alkanes of at least 4 members (excludes halogenated alkanes) is 4. The predicted octanol–water partition coefficient (Wildman–Crippen LogP) is 1.34. The summed E-state index contributed by atoms with van der Waals surface area (Å²) in [5.74, 6) is -1.74. The van der Waals surface area contributed by atoms with Crippen molar-refractivity contribution in [1.82, 2.24) is 6.15 Å². The van der Waals surface area contributed by atoms with Gasteiger partial charge >= 0.3 is 11.9 Å². The normalized spacial score (nSPS) is 8.95. The molecule has 0 saturated carbocycles. The summed E-state index contributed by atoms with van der Waals surface area (Å²) < 4.78 is 0. The SMILES string of the molecule is N.NCCCCCCN.O=C(O)CCCCC(=O)O. The average Bonchev–Trinajstić information content (AvgIpc) is 2.31. The molecule has 116 valence electrons. The molecule has 7 heteroatoms. The van der Waals surface area contributed by atoms with Crippen LogP contribution >= 0.6 is 0 Å². The Hall–Kier alpha value is -1.18. The van der Waals surface area contributed by atoms with Crippen LogP contribution in [0.4, 0.5) is 0 Å². The molecule has 0 fully saturated rings. The van der Waals surface area contributed by atoms with Gasteiger partial charge in [0.2, 0.25) is 0 Å². The van der Waals surface area contributed by atoms with Crippen LogP contribution in [0.25, 0.3) is 0 Å². The van der Waals surface area contributed by atoms with Gasteiger partial charge < -0.3 is 27.8 Å². The van der Waals surface area contributed by atoms with E-state index in [4.69, 9.17) is 21.7 Å². The third kappa shape index (κ3) is 31.6. The zero-order chi connectivity index (χ0) is 14.2. The summed E-state index contributed by atoms with van der Waals surface area (Å²) in [6.45, 7) is 1.65. The summed E-state index contributed by atoms with van der Waals surface area (Å²) in [7, 11) is 0. The summed E-state index contributed by atoms with van der Waals surface area (Å²) in [6, 6.07) is 0. The highest BCUT2D eigenvalue weighted by Crippen LogP contribution is 1.98. The van der Waals surface area contributed by atoms with Gasteiger partial charge in [0.1, 0.15) is 0 Å². The van der Waals surface area contributed by atoms with E-state index in [0.717, 1.165) is 25.9 Å². The molecule has 0 amide bonds. The molecule has 0 aliphatic rings. The topological polar surface area (TPSA) is 162 Å². The number of aliphatic carboxylic acids is 2. The molecule has 0 aromatic carbocycles. The highest BCUT2D eigenvalue weighted by Gasteiger charge is 1.99. The van der Waals surface area contributed by atoms with E-state index in [0.29, 0.717) is 12.8 Å². The maximum atomic E-state index is 9.90. The van der Waals surface area contributed by atoms with E-state index in [-0.39, 0.29) is 19.0 Å². The van der Waals surface area contributed by atoms with E-state index in [9.17, 15) is 9.59 Å². The Balaban J connectivity index is -0.000000262. The smallest absolute Gasteiger partial charge is 0.303 e. The third-order valence-electron chi connectivity index (χ3n) is 2.19. The van der Waals surface area contributed by atoms with Crippen LogP contribution in [0, 0.1) is 0 Å². The zero-order valence-corrected chi connectivity index (χ0v) is 11.6. The summed E-state index contributed by atoms with van der Waals surface area (Å²) in [5, 5.41) is 16.3. The molecule has 9 N–H and O–H groups in total. The Morgan fingerprint density at radius 3 is 1.21 bits per heavy atom. The van der Waals surface area contributed by atoms with E-state index in [1.165, 1.54) is 12.8 Å². The first-order valence-corrected chi connectivity index (χ1v) is 6.38. The van der Waals surface area contributed by atoms with Gasteiger partial charge in [-0.15, -0.1) is 0 Å². The van der Waals surface area contributed by atoms with Gasteiger partial charge in [-0.3, -0.25) is 9.59 Å². The standard InChI is InChI=1S/C6H16N2.C6H10O4.H3N/c7-5-3-1-2-4-6-8;7-5(8)3-1-2-4-6(9)10;/h1-8H2;1-4H2,(H,7,8)(H,9,10);1H3. The largest absolute Gasteiger partial charge is 0.481 e. The minimum atomic E-state index is -0.870. The van der Waals surface area contributed by atoms with Crippen LogP contribution in [0.3, 0.4) is 0 Å². The molecule has 0 aromatic heterocycles. The lowest BCUT2D eigenvalue weighted by molar-refractivity contribution is -0.139. The fourth-order valence-electron chi connectivity index (χ4n) is 1.19. The van der Waals surface area contributed by atoms with Crippen molar-refractivity contribution in [2.45, 2.75) is 51.4 Å². The molecule has 0 radical (unpaired) electrons. The molecule has 0 aliphatic carbocycles. The second kappa shape index (κ2) is 19.2. The molecule has 0 unspecified atom stereocenters. The molecule has 7 nitrogen and oxygen atoms in total. The van der Waals surface area contributed by atoms with E-state index in [1.54, 1.807) is 0 Å². The first-order chi connectivity index (χ1) is 8.54. The Labute approximate surface area is 114 Å². The van der Waals surface area contributed by atoms with Crippen LogP contribution in [0.5, 0.6) is 0 Å². The molecule has 0 spiro atoms. The average molecular weight is 279 g/mol. The number of hydrogen-bond acceptors (Lipinski definition) is 5. The van der Waals surface area contributed by atoms with E-state index >= 15 is 0 Å². The van der Waals surface area contributed by atoms with Crippen molar-refractivity contribution in [3.63, 3.8) is 0 Å². The monoisotopic (exact) mass is 279 g/mol. The Morgan fingerprint density at radius 1 is 0.684 bits per heavy atom. The molecule has 0 atom stereocenters. The minimum absolute atomic E-state index is 0. The van der Waals surface area contributed by atoms with Gasteiger partial charge in [0.15, 0.2) is 0 Å². The summed E-state index contributed by atoms with van der Waals surface area (Å²) in [5.41, 5.74) is 10.6. The van der Waals surface area contributed by atoms with Crippen LogP contribution in [-0.4, -0.2) is 35.2 Å². The lowest BCUT2D eigenvalue weighted by Crippen LogP contribution is -2.00. The quantitative estimate of drug-likeness (QED) is 0.377. The van der Waals surface area contributed by atoms with Gasteiger partial charge in [0.05, 0.1) is 0 Å². The molecule has 0 heterocycles. The third-order valence-corrected chi connectivity index (χ3v) is 2.19. The van der Waals surface area contributed by atoms with Crippen molar-refractivity contribution < 1.29 is 19.8 Å². The van der Waals surface area contributed by atoms with Crippen molar-refractivity contribution in [3.8, 4) is 0 Å². The van der Waals surface area contributed by atoms with Crippen LogP contribution in [0.1, 0.15) is 51.4 Å². The second-order valence-electron chi connectivity index (χ2n) is 3.99. The highest BCUT2D eigenvalue weighted by molar-refractivity contribution is 5.67. The number of hydrogen-bond donors (Lipinski definition) is 5. The first-order valence-electron chi connectivity index (χ1n) is 6.38. The summed E-state index contributed by atoms with van der Waals surface area (Å²) in [6.07, 6.45) is 5.81. The number of carbonyl (C=O) groups is 2. The van der Waals surface area contributed by atoms with Crippen LogP contribution in [0.15, 0.2) is 0 Å². The van der Waals surface area contributed by atoms with Gasteiger partial charge in [-0.25, -0.2) is 0 Å². The lowest BCUT2D eigenvalue weighted by Gasteiger charge is -1.94. The van der Waals surface area contributed by atoms with Gasteiger partial charge in [0, 0.05) is 12.8 Å². The van der Waals surface area contributed by atoms with Crippen molar-refractivity contribution >= 4 is 11.9 Å². The number of nitrogens with two attached hydrogens (primary N) is 2. The fourth-order valence-corrected chi connectivity index (χ4v) is 1.19. The van der Waals surface area contributed by atoms with Crippen molar-refractivity contribution in [2.24, 2.45) is 11.5 Å². The van der Waals surface area contributed by atoms with Crippen LogP contribution in [0.2, 0.25) is 0 Å². The number of rotatable bonds is 10. The molecule has 0 rings (SSSR count). The van der Waals surface area contributed by atoms with Gasteiger partial charge in [0.25, 0.3) is 0 Å². The molecule has 0 aliphatic heterocycles. The minimum Gasteiger partial charge on any atom is -0.481 e. The molecule has 0 saturated heterocycles. The fraction of sp³-hybridized carbons (Fsp3) is 0.833. The van der Waals surface area contributed by atoms with E-state index < -0.39 is 11.9 Å². The number of carboxylic acids is 2. The summed E-state index contributed by atoms with van der Waals surface area (Å²) >= 11 is 0. The molecule has 19 heavy (non-hydrogen) atoms. The van der Waals surface area contributed by atoms with Gasteiger partial charge in [-0.2, -0.15) is 0 Å². The first kappa shape index (κ1) is 23.0. The molecular formula is C12H29N3O4. The Morgan fingerprint density at radius 2 is 1.00 bits per heavy atom. The maximum Gasteiger partial charge on any atom is 0.303 e. The molecule has 0 aromatic rings. The zero-order valence-electron chi connectivity index (χ0n) is 11.6. The van der Waals surface area contributed by atoms with E-state index in [1.807, 2.05) is 0 Å². The molecular weight excluding hydrogens is 250 g/mol. The lowest BCUT2D eigenvalue weighted by atomic mass is 10.2. The Bertz CT molecular complexity index is 191. The second-order valence-corrected chi connectivity index (χ2v) is 3.99. The maximum absolute atomic E-state index is 9.90. The molecule has 0 bridgehead atoms. The van der Waals surface area contributed by atoms with Gasteiger partial charge in [-0.1, -0.05) is 12.8 Å². The van der Waals surface area contributed by atoms with Crippen molar-refractivity contribution in [1.29, 1.82) is 0 Å². The van der Waals surface area contributed by atoms with Crippen LogP contribution in [-0.2, 0) is 9.59 Å². The van der Waals surface area contributed by atoms with Crippen molar-refractivity contribution in [3.05, 3.63) is 0 Å². The number of carboxylic acid groups (broad SMARTS) is 2. The highest BCUT2D eigenvalue weighted by atomic mass is 16.4. The van der Waals surface area contributed by atoms with Gasteiger partial charge in [-0.05, 0) is 38.8 Å². The Kier molecular flexibility index (Phi) is 23.2.